The third-order valence-electron chi connectivity index (χ3n) is 4.41. The predicted octanol–water partition coefficient (Wildman–Crippen LogP) is 5.69. The molecular formula is C23H24O3. The Morgan fingerprint density at radius 3 is 2.50 bits per heavy atom. The minimum Gasteiger partial charge on any atom is -0.489 e. The van der Waals surface area contributed by atoms with Crippen molar-refractivity contribution in [3.05, 3.63) is 76.6 Å². The number of rotatable bonds is 5. The molecule has 0 saturated carbocycles. The van der Waals surface area contributed by atoms with Gasteiger partial charge in [0.25, 0.3) is 0 Å². The lowest BCUT2D eigenvalue weighted by Crippen LogP contribution is -2.00. The summed E-state index contributed by atoms with van der Waals surface area (Å²) >= 11 is 0. The molecular weight excluding hydrogens is 324 g/mol. The average Bonchev–Trinajstić information content (AvgIpc) is 2.92. The fourth-order valence-corrected chi connectivity index (χ4v) is 2.85. The first kappa shape index (κ1) is 18.0. The first-order chi connectivity index (χ1) is 12.4. The van der Waals surface area contributed by atoms with Gasteiger partial charge in [-0.2, -0.15) is 0 Å². The van der Waals surface area contributed by atoms with Gasteiger partial charge < -0.3 is 9.47 Å². The van der Waals surface area contributed by atoms with Crippen LogP contribution in [0.4, 0.5) is 0 Å². The maximum Gasteiger partial charge on any atom is 0.231 e. The molecule has 0 radical (unpaired) electrons. The van der Waals surface area contributed by atoms with Crippen LogP contribution in [0.3, 0.4) is 0 Å². The molecule has 2 aromatic carbocycles. The van der Waals surface area contributed by atoms with Gasteiger partial charge in [0.05, 0.1) is 5.56 Å². The summed E-state index contributed by atoms with van der Waals surface area (Å²) in [7, 11) is 0. The monoisotopic (exact) mass is 348 g/mol. The fourth-order valence-electron chi connectivity index (χ4n) is 2.85. The van der Waals surface area contributed by atoms with E-state index in [1.165, 1.54) is 5.56 Å². The largest absolute Gasteiger partial charge is 0.489 e. The number of carbonyl (C=O) groups excluding carboxylic acids is 1. The number of fused-ring (bicyclic) bond motifs is 1. The smallest absolute Gasteiger partial charge is 0.231 e. The molecule has 2 aromatic rings. The molecule has 0 unspecified atom stereocenters. The summed E-state index contributed by atoms with van der Waals surface area (Å²) in [4.78, 5) is 12.7. The van der Waals surface area contributed by atoms with Crippen LogP contribution in [0.1, 0.15) is 53.7 Å². The highest BCUT2D eigenvalue weighted by atomic mass is 16.5. The Balaban J connectivity index is 1.87. The van der Waals surface area contributed by atoms with Crippen molar-refractivity contribution in [2.45, 2.75) is 33.6 Å². The van der Waals surface area contributed by atoms with E-state index in [9.17, 15) is 4.79 Å². The Morgan fingerprint density at radius 2 is 1.88 bits per heavy atom. The minimum atomic E-state index is -0.0949. The number of ether oxygens (including phenoxy) is 2. The molecule has 0 atom stereocenters. The van der Waals surface area contributed by atoms with Crippen molar-refractivity contribution in [1.29, 1.82) is 0 Å². The number of hydrogen-bond acceptors (Lipinski definition) is 3. The van der Waals surface area contributed by atoms with Gasteiger partial charge in [-0.15, -0.1) is 0 Å². The van der Waals surface area contributed by atoms with Crippen LogP contribution < -0.4 is 9.47 Å². The molecule has 1 aliphatic rings. The van der Waals surface area contributed by atoms with Gasteiger partial charge in [0, 0.05) is 5.56 Å². The molecule has 3 nitrogen and oxygen atoms in total. The number of allylic oxidation sites excluding steroid dienone is 1. The Bertz CT molecular complexity index is 886. The first-order valence-electron chi connectivity index (χ1n) is 8.82. The Labute approximate surface area is 155 Å². The van der Waals surface area contributed by atoms with Crippen molar-refractivity contribution in [1.82, 2.24) is 0 Å². The van der Waals surface area contributed by atoms with Gasteiger partial charge in [0.1, 0.15) is 18.1 Å². The average molecular weight is 348 g/mol. The Morgan fingerprint density at radius 1 is 1.19 bits per heavy atom. The van der Waals surface area contributed by atoms with Crippen molar-refractivity contribution < 1.29 is 14.3 Å². The van der Waals surface area contributed by atoms with E-state index in [4.69, 9.17) is 9.47 Å². The van der Waals surface area contributed by atoms with Gasteiger partial charge in [-0.1, -0.05) is 44.7 Å². The minimum absolute atomic E-state index is 0.0949. The lowest BCUT2D eigenvalue weighted by Gasteiger charge is -2.11. The van der Waals surface area contributed by atoms with E-state index in [1.807, 2.05) is 32.0 Å². The highest BCUT2D eigenvalue weighted by Gasteiger charge is 2.30. The second-order valence-electron chi connectivity index (χ2n) is 7.07. The third-order valence-corrected chi connectivity index (χ3v) is 4.41. The fraction of sp³-hybridized carbons (Fsp3) is 0.261. The molecule has 1 heterocycles. The number of Topliss-reactive ketones (excluding diaryl/α,β-unsaturated/α-hetero) is 1. The zero-order valence-corrected chi connectivity index (χ0v) is 15.8. The molecule has 0 spiro atoms. The summed E-state index contributed by atoms with van der Waals surface area (Å²) in [5.74, 6) is 2.02. The standard InChI is InChI=1S/C23H24O3/c1-14(2)13-25-20-11-10-19-22(24)21(26-23(19)16(20)5)12-17-6-8-18(9-7-17)15(3)4/h6-12,15H,1,13H2,2-5H3/b21-12-. The summed E-state index contributed by atoms with van der Waals surface area (Å²) in [6, 6.07) is 11.8. The van der Waals surface area contributed by atoms with Gasteiger partial charge in [-0.25, -0.2) is 0 Å². The van der Waals surface area contributed by atoms with Gasteiger partial charge in [0.2, 0.25) is 5.78 Å². The van der Waals surface area contributed by atoms with Crippen molar-refractivity contribution in [2.75, 3.05) is 6.61 Å². The maximum absolute atomic E-state index is 12.7. The van der Waals surface area contributed by atoms with E-state index in [0.29, 0.717) is 35.3 Å². The zero-order chi connectivity index (χ0) is 18.8. The van der Waals surface area contributed by atoms with E-state index in [0.717, 1.165) is 16.7 Å². The van der Waals surface area contributed by atoms with Gasteiger partial charge in [0.15, 0.2) is 5.76 Å². The van der Waals surface area contributed by atoms with Crippen LogP contribution in [0.2, 0.25) is 0 Å². The van der Waals surface area contributed by atoms with Crippen LogP contribution in [0.5, 0.6) is 11.5 Å². The normalized spacial score (nSPS) is 14.5. The van der Waals surface area contributed by atoms with E-state index >= 15 is 0 Å². The summed E-state index contributed by atoms with van der Waals surface area (Å²) in [6.45, 7) is 12.4. The molecule has 0 N–H and O–H groups in total. The third kappa shape index (κ3) is 3.57. The molecule has 0 aromatic heterocycles. The first-order valence-corrected chi connectivity index (χ1v) is 8.82. The molecule has 0 bridgehead atoms. The maximum atomic E-state index is 12.7. The summed E-state index contributed by atoms with van der Waals surface area (Å²) in [5.41, 5.74) is 4.56. The highest BCUT2D eigenvalue weighted by molar-refractivity contribution is 6.14. The number of hydrogen-bond donors (Lipinski definition) is 0. The van der Waals surface area contributed by atoms with Gasteiger partial charge >= 0.3 is 0 Å². The molecule has 3 rings (SSSR count). The summed E-state index contributed by atoms with van der Waals surface area (Å²) in [6.07, 6.45) is 1.79. The SMILES string of the molecule is C=C(C)COc1ccc2c(c1C)O/C(=C\c1ccc(C(C)C)cc1)C2=O. The Kier molecular flexibility index (Phi) is 4.99. The van der Waals surface area contributed by atoms with Gasteiger partial charge in [-0.05, 0) is 54.7 Å². The van der Waals surface area contributed by atoms with Crippen LogP contribution >= 0.6 is 0 Å². The van der Waals surface area contributed by atoms with E-state index in [-0.39, 0.29) is 5.78 Å². The van der Waals surface area contributed by atoms with Crippen molar-refractivity contribution in [3.8, 4) is 11.5 Å². The molecule has 0 aliphatic carbocycles. The van der Waals surface area contributed by atoms with Crippen LogP contribution in [0.15, 0.2) is 54.3 Å². The van der Waals surface area contributed by atoms with Crippen LogP contribution in [0, 0.1) is 6.92 Å². The van der Waals surface area contributed by atoms with Crippen molar-refractivity contribution in [2.24, 2.45) is 0 Å². The lowest BCUT2D eigenvalue weighted by atomic mass is 10.0. The second kappa shape index (κ2) is 7.20. The molecule has 1 aliphatic heterocycles. The number of ketones is 1. The van der Waals surface area contributed by atoms with Gasteiger partial charge in [-0.3, -0.25) is 4.79 Å². The van der Waals surface area contributed by atoms with Crippen LogP contribution in [-0.4, -0.2) is 12.4 Å². The Hall–Kier alpha value is -2.81. The molecule has 134 valence electrons. The number of benzene rings is 2. The lowest BCUT2D eigenvalue weighted by molar-refractivity contribution is 0.101. The summed E-state index contributed by atoms with van der Waals surface area (Å²) in [5, 5.41) is 0. The molecule has 0 amide bonds. The zero-order valence-electron chi connectivity index (χ0n) is 15.8. The second-order valence-corrected chi connectivity index (χ2v) is 7.07. The van der Waals surface area contributed by atoms with Crippen LogP contribution in [-0.2, 0) is 0 Å². The van der Waals surface area contributed by atoms with E-state index in [2.05, 4.69) is 32.6 Å². The van der Waals surface area contributed by atoms with E-state index in [1.54, 1.807) is 12.1 Å². The molecule has 0 saturated heterocycles. The van der Waals surface area contributed by atoms with Crippen molar-refractivity contribution >= 4 is 11.9 Å². The van der Waals surface area contributed by atoms with E-state index < -0.39 is 0 Å². The number of carbonyl (C=O) groups is 1. The van der Waals surface area contributed by atoms with Crippen LogP contribution in [0.25, 0.3) is 6.08 Å². The molecule has 3 heteroatoms. The predicted molar refractivity (Wildman–Crippen MR) is 105 cm³/mol. The molecule has 26 heavy (non-hydrogen) atoms. The highest BCUT2D eigenvalue weighted by Crippen LogP contribution is 2.39. The quantitative estimate of drug-likeness (QED) is 0.514. The van der Waals surface area contributed by atoms with Crippen molar-refractivity contribution in [3.63, 3.8) is 0 Å². The topological polar surface area (TPSA) is 35.5 Å². The molecule has 0 fully saturated rings. The summed E-state index contributed by atoms with van der Waals surface area (Å²) < 4.78 is 11.6.